The molecule has 0 bridgehead atoms. The van der Waals surface area contributed by atoms with Crippen LogP contribution in [0.5, 0.6) is 0 Å². The molecule has 108 valence electrons. The number of carbonyl (C=O) groups is 2. The van der Waals surface area contributed by atoms with Gasteiger partial charge in [0, 0.05) is 6.04 Å². The van der Waals surface area contributed by atoms with Crippen LogP contribution in [-0.2, 0) is 4.79 Å². The number of benzene rings is 1. The van der Waals surface area contributed by atoms with E-state index in [9.17, 15) is 9.59 Å². The fraction of sp³-hybridized carbons (Fsp3) is 0.500. The normalized spacial score (nSPS) is 22.1. The minimum Gasteiger partial charge on any atom is -0.349 e. The van der Waals surface area contributed by atoms with Gasteiger partial charge in [-0.25, -0.2) is 0 Å². The third kappa shape index (κ3) is 3.59. The molecule has 0 aromatic heterocycles. The molecule has 0 saturated heterocycles. The van der Waals surface area contributed by atoms with Crippen molar-refractivity contribution in [2.24, 2.45) is 5.92 Å². The number of nitrogens with one attached hydrogen (secondary N) is 2. The van der Waals surface area contributed by atoms with Crippen molar-refractivity contribution < 1.29 is 9.59 Å². The average molecular weight is 274 g/mol. The van der Waals surface area contributed by atoms with E-state index in [0.29, 0.717) is 17.7 Å². The highest BCUT2D eigenvalue weighted by molar-refractivity contribution is 6.01. The Labute approximate surface area is 119 Å². The predicted molar refractivity (Wildman–Crippen MR) is 79.6 cm³/mol. The van der Waals surface area contributed by atoms with E-state index in [0.717, 1.165) is 18.8 Å². The monoisotopic (exact) mass is 274 g/mol. The molecule has 0 atom stereocenters. The minimum absolute atomic E-state index is 0.102. The van der Waals surface area contributed by atoms with Crippen LogP contribution < -0.4 is 10.6 Å². The Morgan fingerprint density at radius 3 is 2.60 bits per heavy atom. The van der Waals surface area contributed by atoms with Gasteiger partial charge < -0.3 is 10.6 Å². The van der Waals surface area contributed by atoms with E-state index in [2.05, 4.69) is 17.6 Å². The van der Waals surface area contributed by atoms with Crippen LogP contribution in [-0.4, -0.2) is 18.4 Å². The van der Waals surface area contributed by atoms with Gasteiger partial charge in [0.25, 0.3) is 5.91 Å². The molecule has 0 radical (unpaired) electrons. The second kappa shape index (κ2) is 7.08. The largest absolute Gasteiger partial charge is 0.349 e. The van der Waals surface area contributed by atoms with Gasteiger partial charge in [-0.1, -0.05) is 25.5 Å². The highest BCUT2D eigenvalue weighted by Crippen LogP contribution is 2.27. The van der Waals surface area contributed by atoms with Crippen LogP contribution >= 0.6 is 0 Å². The van der Waals surface area contributed by atoms with Crippen LogP contribution in [0.15, 0.2) is 24.3 Å². The summed E-state index contributed by atoms with van der Waals surface area (Å²) in [5, 5.41) is 5.65. The van der Waals surface area contributed by atoms with Crippen molar-refractivity contribution in [3.63, 3.8) is 0 Å². The zero-order valence-electron chi connectivity index (χ0n) is 11.9. The molecule has 2 amide bonds. The number of hydrogen-bond acceptors (Lipinski definition) is 2. The Morgan fingerprint density at radius 1 is 1.25 bits per heavy atom. The summed E-state index contributed by atoms with van der Waals surface area (Å²) < 4.78 is 0. The summed E-state index contributed by atoms with van der Waals surface area (Å²) in [6.07, 6.45) is 6.30. The number of rotatable bonds is 5. The molecule has 1 fully saturated rings. The van der Waals surface area contributed by atoms with Crippen molar-refractivity contribution in [2.75, 3.05) is 5.32 Å². The minimum atomic E-state index is -0.102. The second-order valence-corrected chi connectivity index (χ2v) is 5.41. The van der Waals surface area contributed by atoms with E-state index >= 15 is 0 Å². The Kier molecular flexibility index (Phi) is 5.16. The van der Waals surface area contributed by atoms with E-state index in [1.165, 1.54) is 19.3 Å². The highest BCUT2D eigenvalue weighted by Gasteiger charge is 2.22. The lowest BCUT2D eigenvalue weighted by Crippen LogP contribution is -2.37. The van der Waals surface area contributed by atoms with Gasteiger partial charge in [-0.15, -0.1) is 0 Å². The van der Waals surface area contributed by atoms with Crippen molar-refractivity contribution >= 4 is 18.0 Å². The first-order chi connectivity index (χ1) is 9.74. The average Bonchev–Trinajstić information content (AvgIpc) is 2.49. The first kappa shape index (κ1) is 14.6. The summed E-state index contributed by atoms with van der Waals surface area (Å²) in [4.78, 5) is 22.9. The van der Waals surface area contributed by atoms with E-state index < -0.39 is 0 Å². The first-order valence-electron chi connectivity index (χ1n) is 7.34. The summed E-state index contributed by atoms with van der Waals surface area (Å²) >= 11 is 0. The van der Waals surface area contributed by atoms with Gasteiger partial charge in [0.15, 0.2) is 0 Å². The maximum Gasteiger partial charge on any atom is 0.253 e. The van der Waals surface area contributed by atoms with E-state index in [1.807, 2.05) is 0 Å². The lowest BCUT2D eigenvalue weighted by Gasteiger charge is -2.28. The zero-order valence-corrected chi connectivity index (χ0v) is 11.9. The van der Waals surface area contributed by atoms with Crippen molar-refractivity contribution in [1.82, 2.24) is 5.32 Å². The van der Waals surface area contributed by atoms with Crippen LogP contribution in [0.25, 0.3) is 0 Å². The maximum atomic E-state index is 12.3. The SMILES string of the molecule is CCC1CCC(NC(=O)c2ccccc2NC=O)CC1. The van der Waals surface area contributed by atoms with Crippen LogP contribution in [0.2, 0.25) is 0 Å². The van der Waals surface area contributed by atoms with Gasteiger partial charge >= 0.3 is 0 Å². The lowest BCUT2D eigenvalue weighted by molar-refractivity contribution is -0.105. The molecule has 0 aliphatic heterocycles. The van der Waals surface area contributed by atoms with E-state index in [1.54, 1.807) is 24.3 Å². The number of amides is 2. The molecule has 1 aliphatic rings. The number of carbonyl (C=O) groups excluding carboxylic acids is 2. The highest BCUT2D eigenvalue weighted by atomic mass is 16.2. The molecule has 0 spiro atoms. The summed E-state index contributed by atoms with van der Waals surface area (Å²) in [6.45, 7) is 2.23. The van der Waals surface area contributed by atoms with Crippen molar-refractivity contribution in [3.05, 3.63) is 29.8 Å². The molecule has 1 aliphatic carbocycles. The molecule has 0 unspecified atom stereocenters. The van der Waals surface area contributed by atoms with Gasteiger partial charge in [0.05, 0.1) is 11.3 Å². The van der Waals surface area contributed by atoms with Crippen molar-refractivity contribution in [1.29, 1.82) is 0 Å². The summed E-state index contributed by atoms with van der Waals surface area (Å²) in [7, 11) is 0. The summed E-state index contributed by atoms with van der Waals surface area (Å²) in [6, 6.07) is 7.33. The Morgan fingerprint density at radius 2 is 1.95 bits per heavy atom. The molecule has 1 aromatic carbocycles. The first-order valence-corrected chi connectivity index (χ1v) is 7.34. The number of anilines is 1. The van der Waals surface area contributed by atoms with Crippen molar-refractivity contribution in [3.8, 4) is 0 Å². The fourth-order valence-corrected chi connectivity index (χ4v) is 2.85. The zero-order chi connectivity index (χ0) is 14.4. The molecular weight excluding hydrogens is 252 g/mol. The number of hydrogen-bond donors (Lipinski definition) is 2. The molecule has 2 rings (SSSR count). The van der Waals surface area contributed by atoms with Gasteiger partial charge in [0.1, 0.15) is 0 Å². The predicted octanol–water partition coefficient (Wildman–Crippen LogP) is 2.95. The number of para-hydroxylation sites is 1. The van der Waals surface area contributed by atoms with Gasteiger partial charge in [0.2, 0.25) is 6.41 Å². The van der Waals surface area contributed by atoms with E-state index in [-0.39, 0.29) is 11.9 Å². The molecule has 20 heavy (non-hydrogen) atoms. The van der Waals surface area contributed by atoms with Gasteiger partial charge in [-0.05, 0) is 43.7 Å². The molecule has 0 heterocycles. The Balaban J connectivity index is 1.97. The quantitative estimate of drug-likeness (QED) is 0.811. The summed E-state index contributed by atoms with van der Waals surface area (Å²) in [5.41, 5.74) is 1.08. The molecule has 1 aromatic rings. The third-order valence-electron chi connectivity index (χ3n) is 4.15. The lowest BCUT2D eigenvalue weighted by atomic mass is 9.84. The van der Waals surface area contributed by atoms with Gasteiger partial charge in [-0.2, -0.15) is 0 Å². The van der Waals surface area contributed by atoms with Crippen LogP contribution in [0, 0.1) is 5.92 Å². The van der Waals surface area contributed by atoms with Crippen LogP contribution in [0.1, 0.15) is 49.4 Å². The molecule has 2 N–H and O–H groups in total. The molecule has 4 nitrogen and oxygen atoms in total. The Bertz CT molecular complexity index is 465. The molecular formula is C16H22N2O2. The molecule has 1 saturated carbocycles. The van der Waals surface area contributed by atoms with Crippen LogP contribution in [0.3, 0.4) is 0 Å². The maximum absolute atomic E-state index is 12.3. The van der Waals surface area contributed by atoms with Crippen LogP contribution in [0.4, 0.5) is 5.69 Å². The Hall–Kier alpha value is -1.84. The third-order valence-corrected chi connectivity index (χ3v) is 4.15. The topological polar surface area (TPSA) is 58.2 Å². The van der Waals surface area contributed by atoms with Crippen molar-refractivity contribution in [2.45, 2.75) is 45.1 Å². The molecule has 4 heteroatoms. The standard InChI is InChI=1S/C16H22N2O2/c1-2-12-7-9-13(10-8-12)18-16(20)14-5-3-4-6-15(14)17-11-19/h3-6,11-13H,2,7-10H2,1H3,(H,17,19)(H,18,20). The van der Waals surface area contributed by atoms with Gasteiger partial charge in [-0.3, -0.25) is 9.59 Å². The second-order valence-electron chi connectivity index (χ2n) is 5.41. The fourth-order valence-electron chi connectivity index (χ4n) is 2.85. The summed E-state index contributed by atoms with van der Waals surface area (Å²) in [5.74, 6) is 0.710. The van der Waals surface area contributed by atoms with E-state index in [4.69, 9.17) is 0 Å². The smallest absolute Gasteiger partial charge is 0.253 e.